The molecule has 98 valence electrons. The average molecular weight is 250 g/mol. The first-order valence-electron chi connectivity index (χ1n) is 6.19. The summed E-state index contributed by atoms with van der Waals surface area (Å²) in [4.78, 5) is 11.7. The van der Waals surface area contributed by atoms with E-state index < -0.39 is 0 Å². The Hall–Kier alpha value is -1.75. The molecule has 0 saturated carbocycles. The van der Waals surface area contributed by atoms with Crippen LogP contribution in [-0.4, -0.2) is 35.3 Å². The highest BCUT2D eigenvalue weighted by atomic mass is 16.3. The number of aromatic hydroxyl groups is 2. The highest BCUT2D eigenvalue weighted by Crippen LogP contribution is 2.24. The molecule has 4 N–H and O–H groups in total. The van der Waals surface area contributed by atoms with Crippen LogP contribution in [0.15, 0.2) is 18.2 Å². The van der Waals surface area contributed by atoms with E-state index in [4.69, 9.17) is 0 Å². The largest absolute Gasteiger partial charge is 0.504 e. The summed E-state index contributed by atoms with van der Waals surface area (Å²) in [6, 6.07) is 4.63. The van der Waals surface area contributed by atoms with Crippen LogP contribution in [0.2, 0.25) is 0 Å². The number of phenolic OH excluding ortho intramolecular Hbond substituents is 2. The molecule has 1 aliphatic rings. The molecule has 1 saturated heterocycles. The number of rotatable bonds is 4. The van der Waals surface area contributed by atoms with E-state index in [-0.39, 0.29) is 23.4 Å². The Labute approximate surface area is 106 Å². The first-order chi connectivity index (χ1) is 8.66. The van der Waals surface area contributed by atoms with Gasteiger partial charge in [0.05, 0.1) is 6.04 Å². The van der Waals surface area contributed by atoms with Crippen molar-refractivity contribution >= 4 is 5.91 Å². The van der Waals surface area contributed by atoms with Crippen LogP contribution in [-0.2, 0) is 11.2 Å². The number of carbonyl (C=O) groups is 1. The van der Waals surface area contributed by atoms with Crippen molar-refractivity contribution < 1.29 is 15.0 Å². The number of benzene rings is 1. The van der Waals surface area contributed by atoms with E-state index in [0.717, 1.165) is 24.9 Å². The van der Waals surface area contributed by atoms with E-state index in [1.54, 1.807) is 6.07 Å². The van der Waals surface area contributed by atoms with Gasteiger partial charge in [-0.3, -0.25) is 4.79 Å². The maximum absolute atomic E-state index is 11.7. The Bertz CT molecular complexity index is 428. The molecule has 1 atom stereocenters. The molecule has 1 aromatic rings. The van der Waals surface area contributed by atoms with Gasteiger partial charge in [0, 0.05) is 6.54 Å². The standard InChI is InChI=1S/C13H18N2O3/c16-11-4-3-9(8-12(11)17)5-7-15-13(18)10-2-1-6-14-10/h3-4,8,10,14,16-17H,1-2,5-7H2,(H,15,18)/t10-/m0/s1. The molecular weight excluding hydrogens is 232 g/mol. The number of carbonyl (C=O) groups excluding carboxylic acids is 1. The molecular formula is C13H18N2O3. The second-order valence-electron chi connectivity index (χ2n) is 4.51. The van der Waals surface area contributed by atoms with Gasteiger partial charge in [-0.25, -0.2) is 0 Å². The summed E-state index contributed by atoms with van der Waals surface area (Å²) in [5.74, 6) is -0.218. The molecule has 18 heavy (non-hydrogen) atoms. The summed E-state index contributed by atoms with van der Waals surface area (Å²) >= 11 is 0. The molecule has 5 heteroatoms. The van der Waals surface area contributed by atoms with Crippen LogP contribution in [0.5, 0.6) is 11.5 Å². The molecule has 1 aliphatic heterocycles. The van der Waals surface area contributed by atoms with E-state index >= 15 is 0 Å². The molecule has 1 heterocycles. The Balaban J connectivity index is 1.77. The maximum atomic E-state index is 11.7. The average Bonchev–Trinajstić information content (AvgIpc) is 2.87. The van der Waals surface area contributed by atoms with Crippen molar-refractivity contribution in [3.63, 3.8) is 0 Å². The monoisotopic (exact) mass is 250 g/mol. The molecule has 2 rings (SSSR count). The fraction of sp³-hybridized carbons (Fsp3) is 0.462. The summed E-state index contributed by atoms with van der Waals surface area (Å²) in [7, 11) is 0. The Morgan fingerprint density at radius 2 is 2.22 bits per heavy atom. The first kappa shape index (κ1) is 12.7. The lowest BCUT2D eigenvalue weighted by Gasteiger charge is -2.11. The zero-order valence-electron chi connectivity index (χ0n) is 10.1. The number of amides is 1. The van der Waals surface area contributed by atoms with Crippen molar-refractivity contribution in [2.24, 2.45) is 0 Å². The quantitative estimate of drug-likeness (QED) is 0.587. The molecule has 0 radical (unpaired) electrons. The van der Waals surface area contributed by atoms with Gasteiger partial charge in [0.15, 0.2) is 11.5 Å². The van der Waals surface area contributed by atoms with Gasteiger partial charge in [-0.2, -0.15) is 0 Å². The fourth-order valence-electron chi connectivity index (χ4n) is 2.09. The van der Waals surface area contributed by atoms with Gasteiger partial charge in [-0.15, -0.1) is 0 Å². The summed E-state index contributed by atoms with van der Waals surface area (Å²) in [5.41, 5.74) is 0.880. The molecule has 0 spiro atoms. The van der Waals surface area contributed by atoms with Crippen LogP contribution in [0.1, 0.15) is 18.4 Å². The van der Waals surface area contributed by atoms with Crippen LogP contribution in [0, 0.1) is 0 Å². The Morgan fingerprint density at radius 3 is 2.89 bits per heavy atom. The summed E-state index contributed by atoms with van der Waals surface area (Å²) in [6.45, 7) is 1.44. The zero-order chi connectivity index (χ0) is 13.0. The normalized spacial score (nSPS) is 18.8. The highest BCUT2D eigenvalue weighted by molar-refractivity contribution is 5.81. The Morgan fingerprint density at radius 1 is 1.39 bits per heavy atom. The van der Waals surface area contributed by atoms with Gasteiger partial charge in [0.1, 0.15) is 0 Å². The van der Waals surface area contributed by atoms with Crippen LogP contribution < -0.4 is 10.6 Å². The first-order valence-corrected chi connectivity index (χ1v) is 6.19. The summed E-state index contributed by atoms with van der Waals surface area (Å²) in [6.07, 6.45) is 2.57. The third kappa shape index (κ3) is 3.13. The number of hydrogen-bond acceptors (Lipinski definition) is 4. The van der Waals surface area contributed by atoms with Crippen molar-refractivity contribution in [1.29, 1.82) is 0 Å². The molecule has 0 unspecified atom stereocenters. The lowest BCUT2D eigenvalue weighted by Crippen LogP contribution is -2.41. The van der Waals surface area contributed by atoms with Crippen LogP contribution in [0.25, 0.3) is 0 Å². The molecule has 0 bridgehead atoms. The minimum atomic E-state index is -0.128. The van der Waals surface area contributed by atoms with Crippen molar-refractivity contribution in [2.45, 2.75) is 25.3 Å². The molecule has 5 nitrogen and oxygen atoms in total. The predicted molar refractivity (Wildman–Crippen MR) is 67.5 cm³/mol. The second-order valence-corrected chi connectivity index (χ2v) is 4.51. The lowest BCUT2D eigenvalue weighted by molar-refractivity contribution is -0.122. The molecule has 0 aromatic heterocycles. The smallest absolute Gasteiger partial charge is 0.237 e. The van der Waals surface area contributed by atoms with Crippen molar-refractivity contribution in [3.05, 3.63) is 23.8 Å². The molecule has 1 amide bonds. The van der Waals surface area contributed by atoms with Gasteiger partial charge in [-0.05, 0) is 43.5 Å². The van der Waals surface area contributed by atoms with E-state index in [9.17, 15) is 15.0 Å². The van der Waals surface area contributed by atoms with Gasteiger partial charge < -0.3 is 20.8 Å². The number of hydrogen-bond donors (Lipinski definition) is 4. The van der Waals surface area contributed by atoms with Crippen molar-refractivity contribution in [1.82, 2.24) is 10.6 Å². The van der Waals surface area contributed by atoms with Crippen LogP contribution in [0.4, 0.5) is 0 Å². The topological polar surface area (TPSA) is 81.6 Å². The summed E-state index contributed by atoms with van der Waals surface area (Å²) in [5, 5.41) is 24.5. The van der Waals surface area contributed by atoms with Gasteiger partial charge in [-0.1, -0.05) is 6.07 Å². The van der Waals surface area contributed by atoms with Gasteiger partial charge in [0.25, 0.3) is 0 Å². The zero-order valence-corrected chi connectivity index (χ0v) is 10.1. The van der Waals surface area contributed by atoms with E-state index in [1.807, 2.05) is 0 Å². The van der Waals surface area contributed by atoms with E-state index in [2.05, 4.69) is 10.6 Å². The fourth-order valence-corrected chi connectivity index (χ4v) is 2.09. The minimum absolute atomic E-state index is 0.0375. The number of nitrogens with one attached hydrogen (secondary N) is 2. The molecule has 1 aromatic carbocycles. The van der Waals surface area contributed by atoms with Gasteiger partial charge >= 0.3 is 0 Å². The number of phenols is 2. The van der Waals surface area contributed by atoms with E-state index in [0.29, 0.717) is 13.0 Å². The molecule has 0 aliphatic carbocycles. The van der Waals surface area contributed by atoms with Crippen LogP contribution in [0.3, 0.4) is 0 Å². The van der Waals surface area contributed by atoms with Gasteiger partial charge in [0.2, 0.25) is 5.91 Å². The second kappa shape index (κ2) is 5.73. The van der Waals surface area contributed by atoms with Crippen LogP contribution >= 0.6 is 0 Å². The minimum Gasteiger partial charge on any atom is -0.504 e. The van der Waals surface area contributed by atoms with Crippen molar-refractivity contribution in [2.75, 3.05) is 13.1 Å². The maximum Gasteiger partial charge on any atom is 0.237 e. The van der Waals surface area contributed by atoms with Crippen molar-refractivity contribution in [3.8, 4) is 11.5 Å². The SMILES string of the molecule is O=C(NCCc1ccc(O)c(O)c1)[C@@H]1CCCN1. The predicted octanol–water partition coefficient (Wildman–Crippen LogP) is 0.508. The third-order valence-corrected chi connectivity index (χ3v) is 3.13. The summed E-state index contributed by atoms with van der Waals surface area (Å²) < 4.78 is 0. The van der Waals surface area contributed by atoms with E-state index in [1.165, 1.54) is 12.1 Å². The Kier molecular flexibility index (Phi) is 4.04. The third-order valence-electron chi connectivity index (χ3n) is 3.13. The molecule has 1 fully saturated rings. The lowest BCUT2D eigenvalue weighted by atomic mass is 10.1. The highest BCUT2D eigenvalue weighted by Gasteiger charge is 2.21.